The van der Waals surface area contributed by atoms with Crippen molar-refractivity contribution in [2.75, 3.05) is 0 Å². The fourth-order valence-electron chi connectivity index (χ4n) is 1.45. The van der Waals surface area contributed by atoms with Gasteiger partial charge in [-0.3, -0.25) is 4.79 Å². The van der Waals surface area contributed by atoms with Crippen molar-refractivity contribution in [3.8, 4) is 0 Å². The minimum Gasteiger partial charge on any atom is -0.480 e. The van der Waals surface area contributed by atoms with E-state index in [2.05, 4.69) is 21.2 Å². The van der Waals surface area contributed by atoms with Crippen molar-refractivity contribution in [1.29, 1.82) is 0 Å². The van der Waals surface area contributed by atoms with E-state index in [0.29, 0.717) is 6.07 Å². The van der Waals surface area contributed by atoms with Crippen molar-refractivity contribution in [2.24, 2.45) is 0 Å². The predicted octanol–water partition coefficient (Wildman–Crippen LogP) is 3.06. The third kappa shape index (κ3) is 3.96. The molecule has 0 saturated heterocycles. The summed E-state index contributed by atoms with van der Waals surface area (Å²) in [5.74, 6) is -2.12. The molecule has 8 heteroatoms. The summed E-state index contributed by atoms with van der Waals surface area (Å²) in [6.07, 6.45) is -4.45. The molecule has 0 aliphatic rings. The van der Waals surface area contributed by atoms with Crippen LogP contribution in [0, 0.1) is 0 Å². The van der Waals surface area contributed by atoms with Gasteiger partial charge in [-0.25, -0.2) is 4.79 Å². The van der Waals surface area contributed by atoms with Gasteiger partial charge in [-0.05, 0) is 40.5 Å². The highest BCUT2D eigenvalue weighted by atomic mass is 79.9. The Morgan fingerprint density at radius 1 is 1.40 bits per heavy atom. The first kappa shape index (κ1) is 16.5. The number of rotatable bonds is 4. The zero-order valence-electron chi connectivity index (χ0n) is 10.3. The van der Waals surface area contributed by atoms with Crippen LogP contribution >= 0.6 is 15.9 Å². The molecule has 1 unspecified atom stereocenters. The zero-order valence-corrected chi connectivity index (χ0v) is 11.9. The fraction of sp³-hybridized carbons (Fsp3) is 0.333. The molecular formula is C12H11BrF3NO3. The van der Waals surface area contributed by atoms with E-state index in [1.165, 1.54) is 0 Å². The van der Waals surface area contributed by atoms with E-state index >= 15 is 0 Å². The third-order valence-electron chi connectivity index (χ3n) is 2.55. The molecule has 0 aliphatic carbocycles. The van der Waals surface area contributed by atoms with Crippen LogP contribution in [-0.4, -0.2) is 23.0 Å². The normalized spacial score (nSPS) is 12.8. The maximum atomic E-state index is 12.6. The average molecular weight is 354 g/mol. The second kappa shape index (κ2) is 6.25. The molecule has 0 saturated carbocycles. The van der Waals surface area contributed by atoms with Gasteiger partial charge in [0.05, 0.1) is 11.1 Å². The second-order valence-electron chi connectivity index (χ2n) is 3.96. The number of hydrogen-bond donors (Lipinski definition) is 2. The quantitative estimate of drug-likeness (QED) is 0.874. The molecule has 1 aromatic carbocycles. The summed E-state index contributed by atoms with van der Waals surface area (Å²) in [4.78, 5) is 22.6. The Bertz CT molecular complexity index is 531. The minimum atomic E-state index is -4.58. The van der Waals surface area contributed by atoms with Gasteiger partial charge >= 0.3 is 12.1 Å². The maximum absolute atomic E-state index is 12.6. The highest BCUT2D eigenvalue weighted by Crippen LogP contribution is 2.31. The summed E-state index contributed by atoms with van der Waals surface area (Å²) in [5.41, 5.74) is -1.24. The first-order valence-corrected chi connectivity index (χ1v) is 6.36. The van der Waals surface area contributed by atoms with E-state index < -0.39 is 29.7 Å². The van der Waals surface area contributed by atoms with Crippen LogP contribution < -0.4 is 5.32 Å². The Morgan fingerprint density at radius 2 is 2.00 bits per heavy atom. The molecule has 1 aromatic rings. The average Bonchev–Trinajstić information content (AvgIpc) is 2.34. The van der Waals surface area contributed by atoms with Crippen molar-refractivity contribution in [1.82, 2.24) is 5.32 Å². The van der Waals surface area contributed by atoms with E-state index in [9.17, 15) is 22.8 Å². The van der Waals surface area contributed by atoms with Gasteiger partial charge in [-0.15, -0.1) is 0 Å². The van der Waals surface area contributed by atoms with Gasteiger partial charge in [0.2, 0.25) is 0 Å². The molecule has 0 radical (unpaired) electrons. The van der Waals surface area contributed by atoms with Crippen molar-refractivity contribution in [3.63, 3.8) is 0 Å². The number of carbonyl (C=O) groups is 2. The molecule has 1 atom stereocenters. The molecule has 0 spiro atoms. The van der Waals surface area contributed by atoms with Crippen LogP contribution in [-0.2, 0) is 11.0 Å². The number of carboxylic acids is 1. The van der Waals surface area contributed by atoms with Gasteiger partial charge in [0.1, 0.15) is 6.04 Å². The lowest BCUT2D eigenvalue weighted by molar-refractivity contribution is -0.139. The molecule has 4 nitrogen and oxygen atoms in total. The van der Waals surface area contributed by atoms with Gasteiger partial charge in [0.15, 0.2) is 0 Å². The van der Waals surface area contributed by atoms with E-state index in [0.717, 1.165) is 12.1 Å². The molecule has 0 fully saturated rings. The van der Waals surface area contributed by atoms with Gasteiger partial charge < -0.3 is 10.4 Å². The highest BCUT2D eigenvalue weighted by Gasteiger charge is 2.32. The Labute approximate surface area is 121 Å². The van der Waals surface area contributed by atoms with Crippen LogP contribution in [0.3, 0.4) is 0 Å². The number of alkyl halides is 3. The van der Waals surface area contributed by atoms with Crippen LogP contribution in [0.5, 0.6) is 0 Å². The number of benzene rings is 1. The van der Waals surface area contributed by atoms with Crippen LogP contribution in [0.4, 0.5) is 13.2 Å². The lowest BCUT2D eigenvalue weighted by atomic mass is 10.1. The molecule has 0 bridgehead atoms. The lowest BCUT2D eigenvalue weighted by Crippen LogP contribution is -2.40. The number of aliphatic carboxylic acids is 1. The first-order chi connectivity index (χ1) is 9.16. The summed E-state index contributed by atoms with van der Waals surface area (Å²) in [5, 5.41) is 11.0. The number of hydrogen-bond acceptors (Lipinski definition) is 2. The smallest absolute Gasteiger partial charge is 0.416 e. The molecule has 2 N–H and O–H groups in total. The van der Waals surface area contributed by atoms with E-state index in [-0.39, 0.29) is 16.5 Å². The summed E-state index contributed by atoms with van der Waals surface area (Å²) in [6.45, 7) is 1.54. The fourth-order valence-corrected chi connectivity index (χ4v) is 1.88. The number of carbonyl (C=O) groups excluding carboxylic acids is 1. The number of nitrogens with one attached hydrogen (secondary N) is 1. The van der Waals surface area contributed by atoms with Crippen LogP contribution in [0.1, 0.15) is 29.3 Å². The van der Waals surface area contributed by atoms with Crippen molar-refractivity contribution >= 4 is 27.8 Å². The van der Waals surface area contributed by atoms with E-state index in [4.69, 9.17) is 5.11 Å². The molecule has 1 rings (SSSR count). The predicted molar refractivity (Wildman–Crippen MR) is 68.3 cm³/mol. The van der Waals surface area contributed by atoms with Crippen molar-refractivity contribution < 1.29 is 27.9 Å². The molecule has 0 aliphatic heterocycles. The minimum absolute atomic E-state index is 0.123. The maximum Gasteiger partial charge on any atom is 0.416 e. The molecular weight excluding hydrogens is 343 g/mol. The molecule has 0 heterocycles. The van der Waals surface area contributed by atoms with Gasteiger partial charge in [0, 0.05) is 4.47 Å². The third-order valence-corrected chi connectivity index (χ3v) is 3.24. The Hall–Kier alpha value is -1.57. The van der Waals surface area contributed by atoms with E-state index in [1.807, 2.05) is 0 Å². The standard InChI is InChI=1S/C12H11BrF3NO3/c1-2-9(11(19)20)17-10(18)7-5-6(12(14,15)16)3-4-8(7)13/h3-5,9H,2H2,1H3,(H,17,18)(H,19,20). The highest BCUT2D eigenvalue weighted by molar-refractivity contribution is 9.10. The molecule has 110 valence electrons. The van der Waals surface area contributed by atoms with Gasteiger partial charge in [-0.1, -0.05) is 6.92 Å². The first-order valence-electron chi connectivity index (χ1n) is 5.57. The van der Waals surface area contributed by atoms with Crippen molar-refractivity contribution in [3.05, 3.63) is 33.8 Å². The lowest BCUT2D eigenvalue weighted by Gasteiger charge is -2.14. The number of halogens is 4. The second-order valence-corrected chi connectivity index (χ2v) is 4.82. The summed E-state index contributed by atoms with van der Waals surface area (Å²) < 4.78 is 37.9. The molecule has 1 amide bonds. The monoisotopic (exact) mass is 353 g/mol. The Balaban J connectivity index is 3.06. The topological polar surface area (TPSA) is 66.4 Å². The number of amides is 1. The SMILES string of the molecule is CCC(NC(=O)c1cc(C(F)(F)F)ccc1Br)C(=O)O. The molecule has 20 heavy (non-hydrogen) atoms. The largest absolute Gasteiger partial charge is 0.480 e. The van der Waals surface area contributed by atoms with Crippen molar-refractivity contribution in [2.45, 2.75) is 25.6 Å². The molecule has 0 aromatic heterocycles. The number of carboxylic acid groups (broad SMARTS) is 1. The Kier molecular flexibility index (Phi) is 5.15. The van der Waals surface area contributed by atoms with Gasteiger partial charge in [0.25, 0.3) is 5.91 Å². The summed E-state index contributed by atoms with van der Waals surface area (Å²) in [6, 6.07) is 1.45. The van der Waals surface area contributed by atoms with Crippen LogP contribution in [0.2, 0.25) is 0 Å². The summed E-state index contributed by atoms with van der Waals surface area (Å²) in [7, 11) is 0. The summed E-state index contributed by atoms with van der Waals surface area (Å²) >= 11 is 2.97. The van der Waals surface area contributed by atoms with Gasteiger partial charge in [-0.2, -0.15) is 13.2 Å². The zero-order chi connectivity index (χ0) is 15.5. The van der Waals surface area contributed by atoms with Crippen LogP contribution in [0.25, 0.3) is 0 Å². The van der Waals surface area contributed by atoms with E-state index in [1.54, 1.807) is 6.92 Å². The Morgan fingerprint density at radius 3 is 2.45 bits per heavy atom. The van der Waals surface area contributed by atoms with Crippen LogP contribution in [0.15, 0.2) is 22.7 Å².